The minimum atomic E-state index is -4.58. The second kappa shape index (κ2) is 5.88. The first-order chi connectivity index (χ1) is 9.40. The predicted molar refractivity (Wildman–Crippen MR) is 69.0 cm³/mol. The van der Waals surface area contributed by atoms with Gasteiger partial charge in [0.25, 0.3) is 9.05 Å². The summed E-state index contributed by atoms with van der Waals surface area (Å²) in [7, 11) is 0.838. The molecule has 0 saturated carbocycles. The van der Waals surface area contributed by atoms with E-state index in [0.717, 1.165) is 6.92 Å². The molecule has 5 nitrogen and oxygen atoms in total. The molecule has 10 heteroatoms. The van der Waals surface area contributed by atoms with Crippen molar-refractivity contribution in [3.63, 3.8) is 0 Å². The van der Waals surface area contributed by atoms with Crippen LogP contribution in [0.15, 0.2) is 4.90 Å². The molecule has 1 rings (SSSR count). The summed E-state index contributed by atoms with van der Waals surface area (Å²) >= 11 is 0. The van der Waals surface area contributed by atoms with Gasteiger partial charge in [0.05, 0.1) is 6.61 Å². The van der Waals surface area contributed by atoms with Crippen molar-refractivity contribution in [1.82, 2.24) is 4.57 Å². The van der Waals surface area contributed by atoms with Crippen molar-refractivity contribution in [3.05, 3.63) is 17.0 Å². The SMILES string of the molecule is CCOC(=O)c1c(S(=O)(=O)Cl)c(C)n(CC(F)(F)F)c1C. The minimum absolute atomic E-state index is 0.0520. The molecule has 21 heavy (non-hydrogen) atoms. The van der Waals surface area contributed by atoms with E-state index in [2.05, 4.69) is 4.74 Å². The van der Waals surface area contributed by atoms with Crippen LogP contribution in [0.3, 0.4) is 0 Å². The Labute approximate surface area is 124 Å². The van der Waals surface area contributed by atoms with Crippen LogP contribution in [-0.2, 0) is 20.3 Å². The van der Waals surface area contributed by atoms with Gasteiger partial charge in [0, 0.05) is 22.1 Å². The molecule has 120 valence electrons. The maximum Gasteiger partial charge on any atom is 0.406 e. The lowest BCUT2D eigenvalue weighted by molar-refractivity contribution is -0.141. The van der Waals surface area contributed by atoms with Gasteiger partial charge in [-0.05, 0) is 20.8 Å². The zero-order chi connectivity index (χ0) is 16.6. The fourth-order valence-corrected chi connectivity index (χ4v) is 3.52. The maximum atomic E-state index is 12.6. The first kappa shape index (κ1) is 17.8. The highest BCUT2D eigenvalue weighted by Crippen LogP contribution is 2.32. The van der Waals surface area contributed by atoms with E-state index in [1.54, 1.807) is 0 Å². The van der Waals surface area contributed by atoms with Crippen molar-refractivity contribution < 1.29 is 31.1 Å². The molecular formula is C11H13ClF3NO4S. The summed E-state index contributed by atoms with van der Waals surface area (Å²) in [5, 5.41) is 0. The Morgan fingerprint density at radius 1 is 1.29 bits per heavy atom. The normalized spacial score (nSPS) is 12.5. The number of carbonyl (C=O) groups is 1. The summed E-state index contributed by atoms with van der Waals surface area (Å²) in [6.45, 7) is 2.36. The van der Waals surface area contributed by atoms with Crippen LogP contribution >= 0.6 is 10.7 Å². The van der Waals surface area contributed by atoms with Crippen LogP contribution in [0.4, 0.5) is 13.2 Å². The molecule has 0 aromatic carbocycles. The van der Waals surface area contributed by atoms with Gasteiger partial charge in [0.1, 0.15) is 17.0 Å². The van der Waals surface area contributed by atoms with E-state index >= 15 is 0 Å². The summed E-state index contributed by atoms with van der Waals surface area (Å²) in [5.74, 6) is -1.03. The van der Waals surface area contributed by atoms with Crippen molar-refractivity contribution >= 4 is 25.7 Å². The number of hydrogen-bond donors (Lipinski definition) is 0. The smallest absolute Gasteiger partial charge is 0.406 e. The monoisotopic (exact) mass is 347 g/mol. The molecule has 1 aromatic heterocycles. The Kier molecular flexibility index (Phi) is 4.99. The first-order valence-electron chi connectivity index (χ1n) is 5.78. The third kappa shape index (κ3) is 3.91. The van der Waals surface area contributed by atoms with E-state index in [9.17, 15) is 26.4 Å². The second-order valence-corrected chi connectivity index (χ2v) is 6.74. The predicted octanol–water partition coefficient (Wildman–Crippen LogP) is 2.77. The summed E-state index contributed by atoms with van der Waals surface area (Å²) in [5.41, 5.74) is -0.890. The van der Waals surface area contributed by atoms with E-state index < -0.39 is 38.2 Å². The maximum absolute atomic E-state index is 12.6. The van der Waals surface area contributed by atoms with Gasteiger partial charge in [0.15, 0.2) is 0 Å². The molecule has 0 aliphatic heterocycles. The lowest BCUT2D eigenvalue weighted by Gasteiger charge is -2.12. The van der Waals surface area contributed by atoms with Gasteiger partial charge < -0.3 is 9.30 Å². The highest BCUT2D eigenvalue weighted by atomic mass is 35.7. The van der Waals surface area contributed by atoms with Crippen molar-refractivity contribution in [2.75, 3.05) is 6.61 Å². The summed E-state index contributed by atoms with van der Waals surface area (Å²) in [6.07, 6.45) is -4.58. The van der Waals surface area contributed by atoms with Gasteiger partial charge in [-0.1, -0.05) is 0 Å². The Hall–Kier alpha value is -1.22. The molecule has 0 radical (unpaired) electrons. The number of rotatable bonds is 4. The average Bonchev–Trinajstić information content (AvgIpc) is 2.51. The quantitative estimate of drug-likeness (QED) is 0.620. The van der Waals surface area contributed by atoms with E-state index in [1.807, 2.05) is 0 Å². The van der Waals surface area contributed by atoms with Crippen LogP contribution in [0.5, 0.6) is 0 Å². The Bertz CT molecular complexity index is 664. The summed E-state index contributed by atoms with van der Waals surface area (Å²) < 4.78 is 66.2. The molecule has 0 amide bonds. The van der Waals surface area contributed by atoms with Gasteiger partial charge in [0.2, 0.25) is 0 Å². The standard InChI is InChI=1S/C11H13ClF3NO4S/c1-4-20-10(17)8-6(2)16(5-11(13,14)15)7(3)9(8)21(12,18)19/h4-5H2,1-3H3. The third-order valence-corrected chi connectivity index (χ3v) is 4.24. The molecule has 0 atom stereocenters. The Morgan fingerprint density at radius 2 is 1.81 bits per heavy atom. The molecule has 0 saturated heterocycles. The van der Waals surface area contributed by atoms with Crippen molar-refractivity contribution in [2.45, 2.75) is 38.4 Å². The van der Waals surface area contributed by atoms with Gasteiger partial charge in [-0.3, -0.25) is 0 Å². The number of carbonyl (C=O) groups excluding carboxylic acids is 1. The molecule has 0 bridgehead atoms. The fraction of sp³-hybridized carbons (Fsp3) is 0.545. The van der Waals surface area contributed by atoms with Crippen molar-refractivity contribution in [2.24, 2.45) is 0 Å². The lowest BCUT2D eigenvalue weighted by atomic mass is 10.2. The Morgan fingerprint density at radius 3 is 2.19 bits per heavy atom. The number of ether oxygens (including phenoxy) is 1. The largest absolute Gasteiger partial charge is 0.462 e. The van der Waals surface area contributed by atoms with E-state index in [-0.39, 0.29) is 18.0 Å². The van der Waals surface area contributed by atoms with Gasteiger partial charge in [-0.2, -0.15) is 13.2 Å². The topological polar surface area (TPSA) is 65.4 Å². The minimum Gasteiger partial charge on any atom is -0.462 e. The number of aromatic nitrogens is 1. The van der Waals surface area contributed by atoms with Crippen LogP contribution in [0.25, 0.3) is 0 Å². The van der Waals surface area contributed by atoms with E-state index in [4.69, 9.17) is 10.7 Å². The van der Waals surface area contributed by atoms with E-state index in [1.165, 1.54) is 13.8 Å². The number of nitrogens with zero attached hydrogens (tertiary/aromatic N) is 1. The Balaban J connectivity index is 3.63. The molecule has 0 unspecified atom stereocenters. The fourth-order valence-electron chi connectivity index (χ4n) is 2.01. The summed E-state index contributed by atoms with van der Waals surface area (Å²) in [6, 6.07) is 0. The van der Waals surface area contributed by atoms with Crippen LogP contribution in [0, 0.1) is 13.8 Å². The number of esters is 1. The number of hydrogen-bond acceptors (Lipinski definition) is 4. The van der Waals surface area contributed by atoms with Crippen LogP contribution in [0.2, 0.25) is 0 Å². The van der Waals surface area contributed by atoms with Crippen molar-refractivity contribution in [3.8, 4) is 0 Å². The lowest BCUT2D eigenvalue weighted by Crippen LogP contribution is -2.20. The average molecular weight is 348 g/mol. The van der Waals surface area contributed by atoms with Crippen LogP contribution < -0.4 is 0 Å². The number of alkyl halides is 3. The second-order valence-electron chi connectivity index (χ2n) is 4.23. The van der Waals surface area contributed by atoms with Crippen LogP contribution in [0.1, 0.15) is 28.7 Å². The molecule has 0 fully saturated rings. The zero-order valence-electron chi connectivity index (χ0n) is 11.4. The molecule has 0 spiro atoms. The first-order valence-corrected chi connectivity index (χ1v) is 8.09. The zero-order valence-corrected chi connectivity index (χ0v) is 13.0. The molecule has 0 aliphatic carbocycles. The van der Waals surface area contributed by atoms with E-state index in [0.29, 0.717) is 4.57 Å². The van der Waals surface area contributed by atoms with Gasteiger partial charge >= 0.3 is 12.1 Å². The van der Waals surface area contributed by atoms with Crippen LogP contribution in [-0.4, -0.2) is 31.7 Å². The third-order valence-electron chi connectivity index (χ3n) is 2.79. The van der Waals surface area contributed by atoms with Gasteiger partial charge in [-0.15, -0.1) is 0 Å². The number of halogens is 4. The molecule has 0 N–H and O–H groups in total. The summed E-state index contributed by atoms with van der Waals surface area (Å²) in [4.78, 5) is 11.2. The molecular weight excluding hydrogens is 335 g/mol. The van der Waals surface area contributed by atoms with Crippen molar-refractivity contribution in [1.29, 1.82) is 0 Å². The highest BCUT2D eigenvalue weighted by Gasteiger charge is 2.36. The van der Waals surface area contributed by atoms with Gasteiger partial charge in [-0.25, -0.2) is 13.2 Å². The highest BCUT2D eigenvalue weighted by molar-refractivity contribution is 8.13. The molecule has 1 aromatic rings. The molecule has 0 aliphatic rings. The molecule has 1 heterocycles.